The lowest BCUT2D eigenvalue weighted by Crippen LogP contribution is -2.49. The minimum atomic E-state index is -0.697. The van der Waals surface area contributed by atoms with Gasteiger partial charge in [0.25, 0.3) is 0 Å². The molecule has 1 aliphatic rings. The first-order chi connectivity index (χ1) is 8.71. The second-order valence-electron chi connectivity index (χ2n) is 6.64. The first kappa shape index (κ1) is 16.0. The Kier molecular flexibility index (Phi) is 5.35. The Bertz CT molecular complexity index is 328. The van der Waals surface area contributed by atoms with E-state index in [4.69, 9.17) is 10.8 Å². The molecule has 5 nitrogen and oxygen atoms in total. The Morgan fingerprint density at radius 1 is 1.26 bits per heavy atom. The van der Waals surface area contributed by atoms with Gasteiger partial charge >= 0.3 is 5.97 Å². The van der Waals surface area contributed by atoms with Gasteiger partial charge in [0, 0.05) is 6.54 Å². The minimum Gasteiger partial charge on any atom is -0.481 e. The molecule has 0 heterocycles. The zero-order valence-electron chi connectivity index (χ0n) is 12.1. The fourth-order valence-electron chi connectivity index (χ4n) is 2.36. The average molecular weight is 270 g/mol. The molecule has 0 aromatic carbocycles. The molecule has 5 heteroatoms. The maximum Gasteiger partial charge on any atom is 0.306 e. The van der Waals surface area contributed by atoms with E-state index in [2.05, 4.69) is 5.32 Å². The smallest absolute Gasteiger partial charge is 0.306 e. The molecule has 0 saturated heterocycles. The summed E-state index contributed by atoms with van der Waals surface area (Å²) in [6.45, 7) is 6.43. The number of amides is 1. The van der Waals surface area contributed by atoms with Gasteiger partial charge in [-0.2, -0.15) is 0 Å². The molecule has 110 valence electrons. The molecule has 0 aromatic rings. The van der Waals surface area contributed by atoms with Crippen LogP contribution in [0.15, 0.2) is 0 Å². The first-order valence-electron chi connectivity index (χ1n) is 6.98. The van der Waals surface area contributed by atoms with E-state index in [0.717, 1.165) is 12.8 Å². The van der Waals surface area contributed by atoms with Crippen molar-refractivity contribution in [3.05, 3.63) is 0 Å². The van der Waals surface area contributed by atoms with Crippen LogP contribution in [0, 0.1) is 17.3 Å². The lowest BCUT2D eigenvalue weighted by atomic mass is 9.82. The summed E-state index contributed by atoms with van der Waals surface area (Å²) in [5.41, 5.74) is 5.64. The van der Waals surface area contributed by atoms with Crippen molar-refractivity contribution >= 4 is 11.9 Å². The van der Waals surface area contributed by atoms with E-state index < -0.39 is 12.0 Å². The Morgan fingerprint density at radius 3 is 2.21 bits per heavy atom. The molecule has 1 fully saturated rings. The molecule has 1 amide bonds. The molecule has 0 aliphatic heterocycles. The van der Waals surface area contributed by atoms with E-state index >= 15 is 0 Å². The van der Waals surface area contributed by atoms with E-state index in [1.807, 2.05) is 20.8 Å². The number of aliphatic carboxylic acids is 1. The van der Waals surface area contributed by atoms with Gasteiger partial charge < -0.3 is 16.2 Å². The van der Waals surface area contributed by atoms with Crippen LogP contribution >= 0.6 is 0 Å². The molecule has 1 saturated carbocycles. The van der Waals surface area contributed by atoms with Crippen molar-refractivity contribution in [3.8, 4) is 0 Å². The highest BCUT2D eigenvalue weighted by atomic mass is 16.4. The number of rotatable bonds is 4. The minimum absolute atomic E-state index is 0.118. The van der Waals surface area contributed by atoms with Crippen LogP contribution in [0.2, 0.25) is 0 Å². The number of carboxylic acid groups (broad SMARTS) is 1. The molecular weight excluding hydrogens is 244 g/mol. The van der Waals surface area contributed by atoms with Crippen molar-refractivity contribution in [2.45, 2.75) is 52.5 Å². The molecule has 1 atom stereocenters. The second kappa shape index (κ2) is 6.37. The van der Waals surface area contributed by atoms with Crippen molar-refractivity contribution in [1.82, 2.24) is 5.32 Å². The zero-order valence-corrected chi connectivity index (χ0v) is 12.1. The predicted octanol–water partition coefficient (Wildman–Crippen LogP) is 1.37. The summed E-state index contributed by atoms with van der Waals surface area (Å²) in [6, 6.07) is -0.511. The summed E-state index contributed by atoms with van der Waals surface area (Å²) >= 11 is 0. The van der Waals surface area contributed by atoms with E-state index in [1.54, 1.807) is 0 Å². The maximum absolute atomic E-state index is 11.9. The molecule has 19 heavy (non-hydrogen) atoms. The SMILES string of the molecule is CC(C)(C)C(N)C(=O)NCC1CCC(C(=O)O)CC1. The van der Waals surface area contributed by atoms with Crippen LogP contribution in [0.25, 0.3) is 0 Å². The fourth-order valence-corrected chi connectivity index (χ4v) is 2.36. The van der Waals surface area contributed by atoms with Crippen LogP contribution in [-0.2, 0) is 9.59 Å². The van der Waals surface area contributed by atoms with Crippen LogP contribution in [-0.4, -0.2) is 29.6 Å². The van der Waals surface area contributed by atoms with Gasteiger partial charge in [-0.15, -0.1) is 0 Å². The standard InChI is InChI=1S/C14H26N2O3/c1-14(2,3)11(15)12(17)16-8-9-4-6-10(7-5-9)13(18)19/h9-11H,4-8,15H2,1-3H3,(H,16,17)(H,18,19). The van der Waals surface area contributed by atoms with Crippen LogP contribution in [0.5, 0.6) is 0 Å². The van der Waals surface area contributed by atoms with Crippen molar-refractivity contribution < 1.29 is 14.7 Å². The van der Waals surface area contributed by atoms with Crippen LogP contribution in [0.4, 0.5) is 0 Å². The molecule has 1 aliphatic carbocycles. The van der Waals surface area contributed by atoms with Crippen molar-refractivity contribution in [3.63, 3.8) is 0 Å². The van der Waals surface area contributed by atoms with Crippen LogP contribution in [0.3, 0.4) is 0 Å². The third-order valence-electron chi connectivity index (χ3n) is 3.98. The fraction of sp³-hybridized carbons (Fsp3) is 0.857. The Morgan fingerprint density at radius 2 is 1.79 bits per heavy atom. The number of nitrogens with two attached hydrogens (primary N) is 1. The molecule has 0 aromatic heterocycles. The van der Waals surface area contributed by atoms with Gasteiger partial charge in [0.15, 0.2) is 0 Å². The molecular formula is C14H26N2O3. The summed E-state index contributed by atoms with van der Waals surface area (Å²) in [4.78, 5) is 22.7. The summed E-state index contributed by atoms with van der Waals surface area (Å²) < 4.78 is 0. The summed E-state index contributed by atoms with van der Waals surface area (Å²) in [5, 5.41) is 11.8. The van der Waals surface area contributed by atoms with Crippen molar-refractivity contribution in [2.24, 2.45) is 23.0 Å². The maximum atomic E-state index is 11.9. The number of hydrogen-bond donors (Lipinski definition) is 3. The lowest BCUT2D eigenvalue weighted by Gasteiger charge is -2.29. The Hall–Kier alpha value is -1.10. The first-order valence-corrected chi connectivity index (χ1v) is 6.98. The highest BCUT2D eigenvalue weighted by molar-refractivity contribution is 5.82. The Balaban J connectivity index is 2.31. The summed E-state index contributed by atoms with van der Waals surface area (Å²) in [7, 11) is 0. The molecule has 1 unspecified atom stereocenters. The number of nitrogens with one attached hydrogen (secondary N) is 1. The van der Waals surface area contributed by atoms with Gasteiger partial charge in [0.05, 0.1) is 12.0 Å². The number of carbonyl (C=O) groups excluding carboxylic acids is 1. The lowest BCUT2D eigenvalue weighted by molar-refractivity contribution is -0.143. The van der Waals surface area contributed by atoms with Gasteiger partial charge in [-0.1, -0.05) is 20.8 Å². The number of carboxylic acids is 1. The van der Waals surface area contributed by atoms with E-state index in [-0.39, 0.29) is 17.2 Å². The molecule has 0 bridgehead atoms. The normalized spacial score (nSPS) is 25.7. The van der Waals surface area contributed by atoms with Gasteiger partial charge in [0.2, 0.25) is 5.91 Å². The van der Waals surface area contributed by atoms with E-state index in [0.29, 0.717) is 25.3 Å². The Labute approximate surface area is 114 Å². The summed E-state index contributed by atoms with van der Waals surface area (Å²) in [5.74, 6) is -0.638. The quantitative estimate of drug-likeness (QED) is 0.719. The average Bonchev–Trinajstić information content (AvgIpc) is 2.34. The van der Waals surface area contributed by atoms with E-state index in [9.17, 15) is 9.59 Å². The van der Waals surface area contributed by atoms with Gasteiger partial charge in [-0.3, -0.25) is 9.59 Å². The zero-order chi connectivity index (χ0) is 14.6. The van der Waals surface area contributed by atoms with Gasteiger partial charge in [0.1, 0.15) is 0 Å². The molecule has 0 radical (unpaired) electrons. The summed E-state index contributed by atoms with van der Waals surface area (Å²) in [6.07, 6.45) is 3.15. The predicted molar refractivity (Wildman–Crippen MR) is 73.5 cm³/mol. The largest absolute Gasteiger partial charge is 0.481 e. The molecule has 4 N–H and O–H groups in total. The van der Waals surface area contributed by atoms with Gasteiger partial charge in [-0.05, 0) is 37.0 Å². The topological polar surface area (TPSA) is 92.4 Å². The number of carbonyl (C=O) groups is 2. The van der Waals surface area contributed by atoms with Crippen LogP contribution < -0.4 is 11.1 Å². The number of hydrogen-bond acceptors (Lipinski definition) is 3. The van der Waals surface area contributed by atoms with E-state index in [1.165, 1.54) is 0 Å². The molecule has 0 spiro atoms. The monoisotopic (exact) mass is 270 g/mol. The molecule has 1 rings (SSSR count). The van der Waals surface area contributed by atoms with Crippen molar-refractivity contribution in [2.75, 3.05) is 6.54 Å². The van der Waals surface area contributed by atoms with Crippen LogP contribution in [0.1, 0.15) is 46.5 Å². The second-order valence-corrected chi connectivity index (χ2v) is 6.64. The highest BCUT2D eigenvalue weighted by Gasteiger charge is 2.29. The third kappa shape index (κ3) is 4.82. The highest BCUT2D eigenvalue weighted by Crippen LogP contribution is 2.28. The third-order valence-corrected chi connectivity index (χ3v) is 3.98. The van der Waals surface area contributed by atoms with Gasteiger partial charge in [-0.25, -0.2) is 0 Å². The van der Waals surface area contributed by atoms with Crippen molar-refractivity contribution in [1.29, 1.82) is 0 Å².